The number of carbonyl (C=O) groups is 1. The maximum absolute atomic E-state index is 11.0. The Morgan fingerprint density at radius 1 is 1.39 bits per heavy atom. The minimum atomic E-state index is -0.428. The molecule has 1 saturated heterocycles. The summed E-state index contributed by atoms with van der Waals surface area (Å²) in [5.41, 5.74) is 6.10. The summed E-state index contributed by atoms with van der Waals surface area (Å²) >= 11 is 6.04. The fraction of sp³-hybridized carbons (Fsp3) is 0.357. The van der Waals surface area contributed by atoms with E-state index in [1.807, 2.05) is 30.3 Å². The molecule has 0 aromatic heterocycles. The van der Waals surface area contributed by atoms with Gasteiger partial charge in [-0.3, -0.25) is 4.79 Å². The molecule has 2 rings (SSSR count). The Bertz CT molecular complexity index is 465. The van der Waals surface area contributed by atoms with Crippen LogP contribution in [0.25, 0.3) is 0 Å². The van der Waals surface area contributed by atoms with Gasteiger partial charge in [0.1, 0.15) is 0 Å². The van der Waals surface area contributed by atoms with Crippen molar-refractivity contribution in [2.24, 2.45) is 5.73 Å². The topological polar surface area (TPSA) is 52.3 Å². The summed E-state index contributed by atoms with van der Waals surface area (Å²) in [4.78, 5) is 11.0. The molecule has 0 radical (unpaired) electrons. The number of halogens is 1. The molecule has 18 heavy (non-hydrogen) atoms. The largest absolute Gasteiger partial charge is 0.381 e. The first-order valence-electron chi connectivity index (χ1n) is 5.95. The van der Waals surface area contributed by atoms with Crippen LogP contribution in [0.15, 0.2) is 36.4 Å². The van der Waals surface area contributed by atoms with E-state index in [1.54, 1.807) is 0 Å². The predicted octanol–water partition coefficient (Wildman–Crippen LogP) is 2.43. The number of nitrogens with two attached hydrogens (primary N) is 1. The van der Waals surface area contributed by atoms with Gasteiger partial charge < -0.3 is 10.5 Å². The van der Waals surface area contributed by atoms with Gasteiger partial charge in [-0.25, -0.2) is 0 Å². The second kappa shape index (κ2) is 5.55. The van der Waals surface area contributed by atoms with Crippen LogP contribution in [-0.4, -0.2) is 19.1 Å². The molecule has 1 amide bonds. The minimum absolute atomic E-state index is 0.196. The Morgan fingerprint density at radius 2 is 2.11 bits per heavy atom. The Kier molecular flexibility index (Phi) is 4.04. The van der Waals surface area contributed by atoms with Crippen molar-refractivity contribution in [2.75, 3.05) is 13.2 Å². The molecule has 1 fully saturated rings. The molecular formula is C14H16ClNO2. The van der Waals surface area contributed by atoms with Crippen LogP contribution < -0.4 is 5.73 Å². The number of hydrogen-bond donors (Lipinski definition) is 1. The van der Waals surface area contributed by atoms with Crippen LogP contribution in [0.3, 0.4) is 0 Å². The molecule has 0 spiro atoms. The summed E-state index contributed by atoms with van der Waals surface area (Å²) in [5, 5.41) is 0.700. The summed E-state index contributed by atoms with van der Waals surface area (Å²) in [7, 11) is 0. The highest BCUT2D eigenvalue weighted by atomic mass is 35.5. The first kappa shape index (κ1) is 13.1. The van der Waals surface area contributed by atoms with Crippen LogP contribution >= 0.6 is 11.6 Å². The number of benzene rings is 1. The van der Waals surface area contributed by atoms with Crippen molar-refractivity contribution < 1.29 is 9.53 Å². The van der Waals surface area contributed by atoms with Gasteiger partial charge >= 0.3 is 0 Å². The Balaban J connectivity index is 2.38. The molecule has 1 heterocycles. The van der Waals surface area contributed by atoms with Gasteiger partial charge in [0.2, 0.25) is 5.91 Å². The first-order chi connectivity index (χ1) is 8.62. The van der Waals surface area contributed by atoms with Gasteiger partial charge in [0.05, 0.1) is 0 Å². The van der Waals surface area contributed by atoms with Crippen LogP contribution in [-0.2, 0) is 14.9 Å². The number of primary amides is 1. The molecule has 1 aromatic rings. The van der Waals surface area contributed by atoms with Crippen molar-refractivity contribution in [3.8, 4) is 0 Å². The monoisotopic (exact) mass is 265 g/mol. The van der Waals surface area contributed by atoms with Crippen LogP contribution in [0.1, 0.15) is 18.4 Å². The minimum Gasteiger partial charge on any atom is -0.381 e. The summed E-state index contributed by atoms with van der Waals surface area (Å²) in [6.45, 7) is 1.35. The third-order valence-electron chi connectivity index (χ3n) is 3.35. The zero-order chi connectivity index (χ0) is 13.0. The second-order valence-corrected chi connectivity index (χ2v) is 4.95. The molecule has 4 heteroatoms. The smallest absolute Gasteiger partial charge is 0.241 e. The van der Waals surface area contributed by atoms with E-state index in [0.29, 0.717) is 18.2 Å². The fourth-order valence-electron chi connectivity index (χ4n) is 2.33. The van der Waals surface area contributed by atoms with Crippen LogP contribution in [0.5, 0.6) is 0 Å². The second-order valence-electron chi connectivity index (χ2n) is 4.51. The van der Waals surface area contributed by atoms with Gasteiger partial charge in [0.15, 0.2) is 0 Å². The maximum atomic E-state index is 11.0. The quantitative estimate of drug-likeness (QED) is 0.854. The Labute approximate surface area is 112 Å². The van der Waals surface area contributed by atoms with Gasteiger partial charge in [0, 0.05) is 23.7 Å². The molecule has 1 aliphatic rings. The molecule has 96 valence electrons. The lowest BCUT2D eigenvalue weighted by molar-refractivity contribution is -0.113. The molecule has 0 aliphatic carbocycles. The molecule has 1 aromatic carbocycles. The normalized spacial score (nSPS) is 18.9. The zero-order valence-corrected chi connectivity index (χ0v) is 10.8. The van der Waals surface area contributed by atoms with Crippen LogP contribution in [0, 0.1) is 0 Å². The van der Waals surface area contributed by atoms with E-state index in [2.05, 4.69) is 0 Å². The maximum Gasteiger partial charge on any atom is 0.241 e. The molecule has 3 nitrogen and oxygen atoms in total. The molecular weight excluding hydrogens is 250 g/mol. The third kappa shape index (κ3) is 2.92. The standard InChI is InChI=1S/C14H16ClNO2/c15-12-3-1-2-11(10-12)14(5-4-13(16)17)6-8-18-9-7-14/h1-5,10H,6-9H2,(H2,16,17)/b5-4-. The van der Waals surface area contributed by atoms with Gasteiger partial charge in [0.25, 0.3) is 0 Å². The van der Waals surface area contributed by atoms with E-state index in [-0.39, 0.29) is 5.41 Å². The van der Waals surface area contributed by atoms with Gasteiger partial charge in [-0.15, -0.1) is 0 Å². The van der Waals surface area contributed by atoms with Crippen molar-refractivity contribution in [2.45, 2.75) is 18.3 Å². The number of allylic oxidation sites excluding steroid dienone is 1. The van der Waals surface area contributed by atoms with Gasteiger partial charge in [-0.05, 0) is 36.6 Å². The highest BCUT2D eigenvalue weighted by Crippen LogP contribution is 2.37. The number of amides is 1. The van der Waals surface area contributed by atoms with E-state index >= 15 is 0 Å². The van der Waals surface area contributed by atoms with E-state index in [4.69, 9.17) is 22.1 Å². The molecule has 0 saturated carbocycles. The lowest BCUT2D eigenvalue weighted by Gasteiger charge is -2.35. The number of hydrogen-bond acceptors (Lipinski definition) is 2. The molecule has 0 atom stereocenters. The SMILES string of the molecule is NC(=O)/C=C\C1(c2cccc(Cl)c2)CCOCC1. The van der Waals surface area contributed by atoms with E-state index in [0.717, 1.165) is 18.4 Å². The number of ether oxygens (including phenoxy) is 1. The lowest BCUT2D eigenvalue weighted by atomic mass is 9.74. The summed E-state index contributed by atoms with van der Waals surface area (Å²) in [6.07, 6.45) is 4.99. The molecule has 2 N–H and O–H groups in total. The molecule has 1 aliphatic heterocycles. The van der Waals surface area contributed by atoms with Gasteiger partial charge in [-0.2, -0.15) is 0 Å². The van der Waals surface area contributed by atoms with Crippen molar-refractivity contribution >= 4 is 17.5 Å². The first-order valence-corrected chi connectivity index (χ1v) is 6.33. The van der Waals surface area contributed by atoms with Gasteiger partial charge in [-0.1, -0.05) is 29.8 Å². The molecule has 0 unspecified atom stereocenters. The Morgan fingerprint density at radius 3 is 2.72 bits per heavy atom. The Hall–Kier alpha value is -1.32. The van der Waals surface area contributed by atoms with E-state index in [1.165, 1.54) is 6.08 Å². The number of rotatable bonds is 3. The van der Waals surface area contributed by atoms with E-state index < -0.39 is 5.91 Å². The van der Waals surface area contributed by atoms with E-state index in [9.17, 15) is 4.79 Å². The highest BCUT2D eigenvalue weighted by molar-refractivity contribution is 6.30. The molecule has 0 bridgehead atoms. The third-order valence-corrected chi connectivity index (χ3v) is 3.59. The summed E-state index contributed by atoms with van der Waals surface area (Å²) in [6, 6.07) is 7.74. The summed E-state index contributed by atoms with van der Waals surface area (Å²) < 4.78 is 5.40. The predicted molar refractivity (Wildman–Crippen MR) is 71.5 cm³/mol. The average molecular weight is 266 g/mol. The average Bonchev–Trinajstić information content (AvgIpc) is 2.37. The fourth-order valence-corrected chi connectivity index (χ4v) is 2.52. The summed E-state index contributed by atoms with van der Waals surface area (Å²) in [5.74, 6) is -0.428. The zero-order valence-electron chi connectivity index (χ0n) is 10.1. The number of carbonyl (C=O) groups excluding carboxylic acids is 1. The van der Waals surface area contributed by atoms with Crippen LogP contribution in [0.4, 0.5) is 0 Å². The van der Waals surface area contributed by atoms with Crippen molar-refractivity contribution in [3.63, 3.8) is 0 Å². The highest BCUT2D eigenvalue weighted by Gasteiger charge is 2.32. The lowest BCUT2D eigenvalue weighted by Crippen LogP contribution is -2.32. The van der Waals surface area contributed by atoms with Crippen LogP contribution in [0.2, 0.25) is 5.02 Å². The van der Waals surface area contributed by atoms with Crippen molar-refractivity contribution in [3.05, 3.63) is 47.0 Å². The van der Waals surface area contributed by atoms with Crippen molar-refractivity contribution in [1.82, 2.24) is 0 Å². The van der Waals surface area contributed by atoms with Crippen molar-refractivity contribution in [1.29, 1.82) is 0 Å².